The van der Waals surface area contributed by atoms with E-state index in [1.165, 1.54) is 4.90 Å². The van der Waals surface area contributed by atoms with Crippen molar-refractivity contribution in [3.05, 3.63) is 59.8 Å². The van der Waals surface area contributed by atoms with Crippen LogP contribution in [0.3, 0.4) is 0 Å². The fraction of sp³-hybridized carbons (Fsp3) is 0.360. The van der Waals surface area contributed by atoms with Crippen molar-refractivity contribution in [2.75, 3.05) is 45.2 Å². The number of amides is 2. The van der Waals surface area contributed by atoms with E-state index in [1.807, 2.05) is 43.0 Å². The Hall–Kier alpha value is -3.32. The summed E-state index contributed by atoms with van der Waals surface area (Å²) in [5.41, 5.74) is 1.98. The van der Waals surface area contributed by atoms with E-state index in [9.17, 15) is 9.59 Å². The number of carbonyl (C=O) groups is 2. The zero-order chi connectivity index (χ0) is 22.8. The number of nitrogens with zero attached hydrogens (tertiary/aromatic N) is 3. The fourth-order valence-corrected chi connectivity index (χ4v) is 4.12. The molecular formula is C25H29N3O4. The minimum Gasteiger partial charge on any atom is -0.496 e. The Kier molecular flexibility index (Phi) is 6.19. The molecule has 2 aromatic rings. The summed E-state index contributed by atoms with van der Waals surface area (Å²) in [6, 6.07) is 14.4. The molecule has 0 saturated carbocycles. The summed E-state index contributed by atoms with van der Waals surface area (Å²) < 4.78 is 11.2. The van der Waals surface area contributed by atoms with Gasteiger partial charge in [0.05, 0.1) is 24.5 Å². The molecule has 2 aliphatic rings. The molecule has 1 saturated heterocycles. The Labute approximate surface area is 188 Å². The van der Waals surface area contributed by atoms with Crippen LogP contribution in [0, 0.1) is 0 Å². The molecule has 2 aliphatic heterocycles. The number of anilines is 1. The molecule has 0 bridgehead atoms. The van der Waals surface area contributed by atoms with Crippen molar-refractivity contribution in [1.29, 1.82) is 0 Å². The average Bonchev–Trinajstić information content (AvgIpc) is 3.04. The van der Waals surface area contributed by atoms with Crippen LogP contribution in [0.25, 0.3) is 5.57 Å². The molecule has 0 unspecified atom stereocenters. The first-order valence-corrected chi connectivity index (χ1v) is 10.9. The van der Waals surface area contributed by atoms with Gasteiger partial charge >= 0.3 is 0 Å². The zero-order valence-electron chi connectivity index (χ0n) is 19.0. The Balaban J connectivity index is 1.76. The number of likely N-dealkylation sites (N-methyl/N-ethyl adjacent to an activating group) is 1. The first kappa shape index (κ1) is 21.9. The third-order valence-corrected chi connectivity index (χ3v) is 5.72. The van der Waals surface area contributed by atoms with E-state index in [4.69, 9.17) is 9.47 Å². The molecule has 7 nitrogen and oxygen atoms in total. The molecule has 0 aliphatic carbocycles. The summed E-state index contributed by atoms with van der Waals surface area (Å²) >= 11 is 0. The lowest BCUT2D eigenvalue weighted by Crippen LogP contribution is -2.46. The molecular weight excluding hydrogens is 406 g/mol. The molecule has 0 aromatic heterocycles. The second kappa shape index (κ2) is 9.04. The standard InChI is InChI=1S/C25H29N3O4/c1-17(2)32-19-11-9-18(10-12-19)28-24(29)22(20-7-5-6-8-21(20)31-4)23(25(28)30)27-15-13-26(3)14-16-27/h5-12,17H,13-16H2,1-4H3. The molecule has 2 amide bonds. The second-order valence-electron chi connectivity index (χ2n) is 8.32. The van der Waals surface area contributed by atoms with Gasteiger partial charge in [-0.05, 0) is 51.2 Å². The summed E-state index contributed by atoms with van der Waals surface area (Å²) in [5, 5.41) is 0. The number of carbonyl (C=O) groups excluding carboxylic acids is 2. The highest BCUT2D eigenvalue weighted by molar-refractivity contribution is 6.45. The summed E-state index contributed by atoms with van der Waals surface area (Å²) in [6.45, 7) is 6.91. The van der Waals surface area contributed by atoms with E-state index in [0.717, 1.165) is 13.1 Å². The minimum atomic E-state index is -0.342. The molecule has 0 spiro atoms. The highest BCUT2D eigenvalue weighted by Gasteiger charge is 2.43. The summed E-state index contributed by atoms with van der Waals surface area (Å²) in [6.07, 6.45) is 0.0403. The zero-order valence-corrected chi connectivity index (χ0v) is 19.0. The number of piperazine rings is 1. The van der Waals surface area contributed by atoms with Gasteiger partial charge in [0.1, 0.15) is 17.2 Å². The summed E-state index contributed by atoms with van der Waals surface area (Å²) in [4.78, 5) is 32.9. The highest BCUT2D eigenvalue weighted by Crippen LogP contribution is 2.38. The second-order valence-corrected chi connectivity index (χ2v) is 8.32. The SMILES string of the molecule is COc1ccccc1C1=C(N2CCN(C)CC2)C(=O)N(c2ccc(OC(C)C)cc2)C1=O. The lowest BCUT2D eigenvalue weighted by atomic mass is 10.0. The maximum absolute atomic E-state index is 13.7. The predicted molar refractivity (Wildman–Crippen MR) is 124 cm³/mol. The number of ether oxygens (including phenoxy) is 2. The number of rotatable bonds is 6. The first-order valence-electron chi connectivity index (χ1n) is 10.9. The van der Waals surface area contributed by atoms with Crippen molar-refractivity contribution in [2.45, 2.75) is 20.0 Å². The largest absolute Gasteiger partial charge is 0.496 e. The minimum absolute atomic E-state index is 0.0403. The van der Waals surface area contributed by atoms with Crippen LogP contribution < -0.4 is 14.4 Å². The van der Waals surface area contributed by atoms with Gasteiger partial charge in [-0.2, -0.15) is 0 Å². The number of methoxy groups -OCH3 is 1. The maximum atomic E-state index is 13.7. The van der Waals surface area contributed by atoms with Crippen LogP contribution >= 0.6 is 0 Å². The molecule has 7 heteroatoms. The van der Waals surface area contributed by atoms with Gasteiger partial charge in [-0.3, -0.25) is 9.59 Å². The molecule has 0 N–H and O–H groups in total. The summed E-state index contributed by atoms with van der Waals surface area (Å²) in [7, 11) is 3.63. The molecule has 168 valence electrons. The number of benzene rings is 2. The van der Waals surface area contributed by atoms with Gasteiger partial charge < -0.3 is 19.3 Å². The first-order chi connectivity index (χ1) is 15.4. The van der Waals surface area contributed by atoms with Gasteiger partial charge in [-0.15, -0.1) is 0 Å². The monoisotopic (exact) mass is 435 g/mol. The van der Waals surface area contributed by atoms with Gasteiger partial charge in [0.15, 0.2) is 0 Å². The lowest BCUT2D eigenvalue weighted by Gasteiger charge is -2.34. The molecule has 1 fully saturated rings. The molecule has 2 aromatic carbocycles. The third kappa shape index (κ3) is 4.08. The van der Waals surface area contributed by atoms with E-state index < -0.39 is 0 Å². The van der Waals surface area contributed by atoms with E-state index in [2.05, 4.69) is 11.9 Å². The molecule has 32 heavy (non-hydrogen) atoms. The fourth-order valence-electron chi connectivity index (χ4n) is 4.12. The van der Waals surface area contributed by atoms with Gasteiger partial charge in [0.2, 0.25) is 0 Å². The Bertz CT molecular complexity index is 1040. The van der Waals surface area contributed by atoms with Crippen LogP contribution in [0.4, 0.5) is 5.69 Å². The summed E-state index contributed by atoms with van der Waals surface area (Å²) in [5.74, 6) is 0.613. The van der Waals surface area contributed by atoms with Gasteiger partial charge in [-0.25, -0.2) is 4.90 Å². The van der Waals surface area contributed by atoms with E-state index in [-0.39, 0.29) is 17.9 Å². The molecule has 2 heterocycles. The maximum Gasteiger partial charge on any atom is 0.282 e. The van der Waals surface area contributed by atoms with Gasteiger partial charge in [0.25, 0.3) is 11.8 Å². The number of para-hydroxylation sites is 1. The normalized spacial score (nSPS) is 17.5. The number of imide groups is 1. The van der Waals surface area contributed by atoms with Crippen LogP contribution in [0.2, 0.25) is 0 Å². The van der Waals surface area contributed by atoms with Crippen LogP contribution in [-0.4, -0.2) is 68.1 Å². The van der Waals surface area contributed by atoms with Crippen molar-refractivity contribution >= 4 is 23.1 Å². The predicted octanol–water partition coefficient (Wildman–Crippen LogP) is 3.01. The number of hydrogen-bond donors (Lipinski definition) is 0. The highest BCUT2D eigenvalue weighted by atomic mass is 16.5. The van der Waals surface area contributed by atoms with Crippen LogP contribution in [-0.2, 0) is 9.59 Å². The van der Waals surface area contributed by atoms with Crippen molar-refractivity contribution < 1.29 is 19.1 Å². The Morgan fingerprint density at radius 3 is 2.16 bits per heavy atom. The van der Waals surface area contributed by atoms with Crippen LogP contribution in [0.15, 0.2) is 54.2 Å². The van der Waals surface area contributed by atoms with E-state index in [0.29, 0.717) is 47.1 Å². The van der Waals surface area contributed by atoms with E-state index >= 15 is 0 Å². The van der Waals surface area contributed by atoms with Crippen LogP contribution in [0.1, 0.15) is 19.4 Å². The molecule has 0 radical (unpaired) electrons. The van der Waals surface area contributed by atoms with Crippen LogP contribution in [0.5, 0.6) is 11.5 Å². The lowest BCUT2D eigenvalue weighted by molar-refractivity contribution is -0.120. The smallest absolute Gasteiger partial charge is 0.282 e. The average molecular weight is 436 g/mol. The number of hydrogen-bond acceptors (Lipinski definition) is 6. The molecule has 0 atom stereocenters. The van der Waals surface area contributed by atoms with Gasteiger partial charge in [-0.1, -0.05) is 18.2 Å². The van der Waals surface area contributed by atoms with E-state index in [1.54, 1.807) is 31.4 Å². The Morgan fingerprint density at radius 2 is 1.53 bits per heavy atom. The topological polar surface area (TPSA) is 62.3 Å². The Morgan fingerprint density at radius 1 is 0.875 bits per heavy atom. The quantitative estimate of drug-likeness (QED) is 0.650. The third-order valence-electron chi connectivity index (χ3n) is 5.72. The van der Waals surface area contributed by atoms with Crippen molar-refractivity contribution in [2.24, 2.45) is 0 Å². The van der Waals surface area contributed by atoms with Crippen molar-refractivity contribution in [1.82, 2.24) is 9.80 Å². The van der Waals surface area contributed by atoms with Crippen molar-refractivity contribution in [3.8, 4) is 11.5 Å². The van der Waals surface area contributed by atoms with Gasteiger partial charge in [0, 0.05) is 31.7 Å². The van der Waals surface area contributed by atoms with Crippen molar-refractivity contribution in [3.63, 3.8) is 0 Å². The molecule has 4 rings (SSSR count).